The van der Waals surface area contributed by atoms with E-state index in [1.54, 1.807) is 13.1 Å². The van der Waals surface area contributed by atoms with E-state index in [0.717, 1.165) is 36.3 Å². The average Bonchev–Trinajstić information content (AvgIpc) is 2.66. The Labute approximate surface area is 191 Å². The summed E-state index contributed by atoms with van der Waals surface area (Å²) in [6.45, 7) is 3.86. The third-order valence-corrected chi connectivity index (χ3v) is 5.45. The molecule has 2 aromatic carbocycles. The summed E-state index contributed by atoms with van der Waals surface area (Å²) in [5, 5.41) is 6.52. The number of unbranched alkanes of at least 4 members (excludes halogenated alkanes) is 1. The van der Waals surface area contributed by atoms with Crippen LogP contribution < -0.4 is 15.4 Å². The van der Waals surface area contributed by atoms with E-state index >= 15 is 0 Å². The molecule has 2 rings (SSSR count). The van der Waals surface area contributed by atoms with Crippen molar-refractivity contribution < 1.29 is 13.2 Å². The van der Waals surface area contributed by atoms with Crippen molar-refractivity contribution in [1.29, 1.82) is 0 Å². The lowest BCUT2D eigenvalue weighted by Crippen LogP contribution is -2.37. The molecule has 0 spiro atoms. The number of halogens is 1. The van der Waals surface area contributed by atoms with Crippen LogP contribution in [0, 0.1) is 6.92 Å². The first-order valence-electron chi connectivity index (χ1n) is 9.32. The van der Waals surface area contributed by atoms with E-state index in [-0.39, 0.29) is 24.0 Å². The van der Waals surface area contributed by atoms with E-state index in [2.05, 4.69) is 15.6 Å². The number of aryl methyl sites for hydroxylation is 1. The molecule has 0 saturated carbocycles. The molecule has 0 aliphatic rings. The lowest BCUT2D eigenvalue weighted by atomic mass is 10.1. The molecule has 0 atom stereocenters. The second-order valence-electron chi connectivity index (χ2n) is 6.59. The van der Waals surface area contributed by atoms with Gasteiger partial charge >= 0.3 is 0 Å². The molecule has 0 bridgehead atoms. The molecule has 6 nitrogen and oxygen atoms in total. The van der Waals surface area contributed by atoms with Crippen LogP contribution in [0.25, 0.3) is 0 Å². The van der Waals surface area contributed by atoms with Crippen LogP contribution in [0.5, 0.6) is 5.75 Å². The van der Waals surface area contributed by atoms with Crippen LogP contribution in [0.15, 0.2) is 58.4 Å². The lowest BCUT2D eigenvalue weighted by Gasteiger charge is -2.13. The van der Waals surface area contributed by atoms with Crippen LogP contribution in [0.4, 0.5) is 0 Å². The standard InChI is InChI=1S/C21H29N3O3S.HI/c1-17-15-18(11-12-20(17)28(3,25)26)16-24-21(22-2)23-13-7-8-14-27-19-9-5-4-6-10-19;/h4-6,9-12,15H,7-8,13-14,16H2,1-3H3,(H2,22,23,24);1H. The van der Waals surface area contributed by atoms with Crippen LogP contribution in [0.3, 0.4) is 0 Å². The van der Waals surface area contributed by atoms with Gasteiger partial charge in [0.2, 0.25) is 0 Å². The number of hydrogen-bond donors (Lipinski definition) is 2. The van der Waals surface area contributed by atoms with Crippen molar-refractivity contribution in [3.8, 4) is 5.75 Å². The van der Waals surface area contributed by atoms with E-state index < -0.39 is 9.84 Å². The van der Waals surface area contributed by atoms with E-state index in [1.807, 2.05) is 49.4 Å². The highest BCUT2D eigenvalue weighted by molar-refractivity contribution is 14.0. The van der Waals surface area contributed by atoms with E-state index in [1.165, 1.54) is 6.26 Å². The molecule has 160 valence electrons. The van der Waals surface area contributed by atoms with Crippen LogP contribution >= 0.6 is 24.0 Å². The third kappa shape index (κ3) is 9.03. The zero-order valence-corrected chi connectivity index (χ0v) is 20.3. The Hall–Kier alpha value is -1.81. The number of hydrogen-bond acceptors (Lipinski definition) is 4. The van der Waals surface area contributed by atoms with Crippen molar-refractivity contribution in [3.63, 3.8) is 0 Å². The Morgan fingerprint density at radius 1 is 1.07 bits per heavy atom. The first kappa shape index (κ1) is 25.2. The van der Waals surface area contributed by atoms with Gasteiger partial charge in [-0.1, -0.05) is 30.3 Å². The molecule has 0 radical (unpaired) electrons. The Balaban J connectivity index is 0.00000420. The van der Waals surface area contributed by atoms with Gasteiger partial charge in [-0.3, -0.25) is 4.99 Å². The van der Waals surface area contributed by atoms with Crippen molar-refractivity contribution >= 4 is 39.8 Å². The van der Waals surface area contributed by atoms with Crippen LogP contribution in [0.2, 0.25) is 0 Å². The van der Waals surface area contributed by atoms with Crippen LogP contribution in [-0.4, -0.2) is 40.8 Å². The molecule has 29 heavy (non-hydrogen) atoms. The number of guanidine groups is 1. The molecule has 0 aliphatic heterocycles. The van der Waals surface area contributed by atoms with Gasteiger partial charge in [0.15, 0.2) is 15.8 Å². The molecule has 0 heterocycles. The molecule has 0 saturated heterocycles. The molecule has 0 aromatic heterocycles. The molecular formula is C21H30IN3O3S. The maximum Gasteiger partial charge on any atom is 0.191 e. The fraction of sp³-hybridized carbons (Fsp3) is 0.381. The van der Waals surface area contributed by atoms with Crippen molar-refractivity contribution in [2.24, 2.45) is 4.99 Å². The quantitative estimate of drug-likeness (QED) is 0.224. The first-order valence-corrected chi connectivity index (χ1v) is 11.2. The molecule has 0 aliphatic carbocycles. The summed E-state index contributed by atoms with van der Waals surface area (Å²) < 4.78 is 29.1. The maximum atomic E-state index is 11.7. The monoisotopic (exact) mass is 531 g/mol. The minimum absolute atomic E-state index is 0. The molecular weight excluding hydrogens is 501 g/mol. The van der Waals surface area contributed by atoms with Crippen LogP contribution in [0.1, 0.15) is 24.0 Å². The van der Waals surface area contributed by atoms with Crippen molar-refractivity contribution in [2.45, 2.75) is 31.2 Å². The van der Waals surface area contributed by atoms with Crippen molar-refractivity contribution in [3.05, 3.63) is 59.7 Å². The van der Waals surface area contributed by atoms with Gasteiger partial charge in [0.1, 0.15) is 5.75 Å². The van der Waals surface area contributed by atoms with Gasteiger partial charge < -0.3 is 15.4 Å². The zero-order valence-electron chi connectivity index (χ0n) is 17.1. The Morgan fingerprint density at radius 3 is 2.41 bits per heavy atom. The number of rotatable bonds is 9. The number of benzene rings is 2. The summed E-state index contributed by atoms with van der Waals surface area (Å²) in [4.78, 5) is 4.59. The minimum Gasteiger partial charge on any atom is -0.494 e. The summed E-state index contributed by atoms with van der Waals surface area (Å²) in [7, 11) is -1.46. The average molecular weight is 531 g/mol. The smallest absolute Gasteiger partial charge is 0.191 e. The topological polar surface area (TPSA) is 79.8 Å². The highest BCUT2D eigenvalue weighted by Gasteiger charge is 2.10. The molecule has 0 amide bonds. The predicted molar refractivity (Wildman–Crippen MR) is 129 cm³/mol. The van der Waals surface area contributed by atoms with Crippen molar-refractivity contribution in [2.75, 3.05) is 26.5 Å². The number of nitrogens with one attached hydrogen (secondary N) is 2. The summed E-state index contributed by atoms with van der Waals surface area (Å²) in [5.41, 5.74) is 1.76. The largest absolute Gasteiger partial charge is 0.494 e. The second-order valence-corrected chi connectivity index (χ2v) is 8.58. The third-order valence-electron chi connectivity index (χ3n) is 4.20. The molecule has 2 N–H and O–H groups in total. The van der Waals surface area contributed by atoms with E-state index in [0.29, 0.717) is 24.0 Å². The zero-order chi connectivity index (χ0) is 20.4. The van der Waals surface area contributed by atoms with Gasteiger partial charge in [0.05, 0.1) is 11.5 Å². The SMILES string of the molecule is CN=C(NCCCCOc1ccccc1)NCc1ccc(S(C)(=O)=O)c(C)c1.I. The molecule has 0 unspecified atom stereocenters. The summed E-state index contributed by atoms with van der Waals surface area (Å²) in [5.74, 6) is 1.61. The van der Waals surface area contributed by atoms with E-state index in [4.69, 9.17) is 4.74 Å². The fourth-order valence-corrected chi connectivity index (χ4v) is 3.74. The molecule has 2 aromatic rings. The Kier molecular flexibility index (Phi) is 11.0. The van der Waals surface area contributed by atoms with Gasteiger partial charge in [0, 0.05) is 26.4 Å². The number of ether oxygens (including phenoxy) is 1. The second kappa shape index (κ2) is 12.7. The highest BCUT2D eigenvalue weighted by atomic mass is 127. The summed E-state index contributed by atoms with van der Waals surface area (Å²) in [6.07, 6.45) is 3.14. The van der Waals surface area contributed by atoms with E-state index in [9.17, 15) is 8.42 Å². The van der Waals surface area contributed by atoms with Gasteiger partial charge in [-0.15, -0.1) is 24.0 Å². The number of aliphatic imine (C=N–C) groups is 1. The number of para-hydroxylation sites is 1. The summed E-state index contributed by atoms with van der Waals surface area (Å²) >= 11 is 0. The first-order chi connectivity index (χ1) is 13.4. The van der Waals surface area contributed by atoms with Gasteiger partial charge in [0.25, 0.3) is 0 Å². The van der Waals surface area contributed by atoms with Crippen LogP contribution in [-0.2, 0) is 16.4 Å². The minimum atomic E-state index is -3.19. The normalized spacial score (nSPS) is 11.5. The molecule has 8 heteroatoms. The Bertz CT molecular complexity index is 887. The highest BCUT2D eigenvalue weighted by Crippen LogP contribution is 2.16. The van der Waals surface area contributed by atoms with Gasteiger partial charge in [-0.25, -0.2) is 8.42 Å². The number of sulfone groups is 1. The predicted octanol–water partition coefficient (Wildman–Crippen LogP) is 3.54. The van der Waals surface area contributed by atoms with Gasteiger partial charge in [-0.05, 0) is 49.1 Å². The summed E-state index contributed by atoms with van der Waals surface area (Å²) in [6, 6.07) is 15.2. The van der Waals surface area contributed by atoms with Gasteiger partial charge in [-0.2, -0.15) is 0 Å². The number of nitrogens with zero attached hydrogens (tertiary/aromatic N) is 1. The fourth-order valence-electron chi connectivity index (χ4n) is 2.78. The van der Waals surface area contributed by atoms with Crippen molar-refractivity contribution in [1.82, 2.24) is 10.6 Å². The Morgan fingerprint density at radius 2 is 1.79 bits per heavy atom. The molecule has 0 fully saturated rings. The lowest BCUT2D eigenvalue weighted by molar-refractivity contribution is 0.307. The maximum absolute atomic E-state index is 11.7.